The van der Waals surface area contributed by atoms with Crippen molar-refractivity contribution >= 4 is 17.8 Å². The summed E-state index contributed by atoms with van der Waals surface area (Å²) >= 11 is 0. The number of nitro groups is 1. The largest absolute Gasteiger partial charge is 0.872 e. The Morgan fingerprint density at radius 2 is 2.04 bits per heavy atom. The highest BCUT2D eigenvalue weighted by atomic mass is 16.6. The lowest BCUT2D eigenvalue weighted by molar-refractivity contribution is -0.385. The summed E-state index contributed by atoms with van der Waals surface area (Å²) in [4.78, 5) is 21.6. The highest BCUT2D eigenvalue weighted by molar-refractivity contribution is 5.86. The van der Waals surface area contributed by atoms with E-state index in [-0.39, 0.29) is 17.9 Å². The van der Waals surface area contributed by atoms with Crippen LogP contribution in [0.15, 0.2) is 47.6 Å². The van der Waals surface area contributed by atoms with Gasteiger partial charge in [-0.25, -0.2) is 5.43 Å². The minimum absolute atomic E-state index is 0.0255. The lowest BCUT2D eigenvalue weighted by Gasteiger charge is -2.08. The second kappa shape index (κ2) is 8.07. The molecule has 0 aromatic heterocycles. The Hall–Kier alpha value is -3.93. The van der Waals surface area contributed by atoms with E-state index in [4.69, 9.17) is 10.00 Å². The van der Waals surface area contributed by atoms with Crippen LogP contribution in [0.5, 0.6) is 11.5 Å². The molecule has 2 aromatic rings. The molecule has 0 saturated carbocycles. The standard InChI is InChI=1S/C16H12N4O5/c17-8-11-1-4-14(5-2-11)25-10-16(22)19-18-9-12-7-13(20(23)24)3-6-15(12)21/h1-7,9,21H,10H2,(H,19,22)/p-1/b18-9-. The quantitative estimate of drug-likeness (QED) is 0.474. The Bertz CT molecular complexity index is 856. The number of nitrogens with one attached hydrogen (secondary N) is 1. The Morgan fingerprint density at radius 1 is 1.32 bits per heavy atom. The molecule has 0 atom stereocenters. The van der Waals surface area contributed by atoms with E-state index in [9.17, 15) is 20.0 Å². The molecule has 0 aliphatic carbocycles. The molecule has 0 radical (unpaired) electrons. The lowest BCUT2D eigenvalue weighted by atomic mass is 10.2. The lowest BCUT2D eigenvalue weighted by Crippen LogP contribution is -2.24. The number of nitriles is 1. The van der Waals surface area contributed by atoms with Crippen molar-refractivity contribution in [2.24, 2.45) is 5.10 Å². The van der Waals surface area contributed by atoms with Crippen molar-refractivity contribution in [3.05, 3.63) is 63.7 Å². The van der Waals surface area contributed by atoms with E-state index in [1.807, 2.05) is 6.07 Å². The zero-order chi connectivity index (χ0) is 18.2. The minimum Gasteiger partial charge on any atom is -0.872 e. The Morgan fingerprint density at radius 3 is 2.68 bits per heavy atom. The number of carbonyl (C=O) groups excluding carboxylic acids is 1. The zero-order valence-corrected chi connectivity index (χ0v) is 12.7. The number of hydrogen-bond acceptors (Lipinski definition) is 7. The average Bonchev–Trinajstić information content (AvgIpc) is 2.61. The summed E-state index contributed by atoms with van der Waals surface area (Å²) in [7, 11) is 0. The molecule has 0 aliphatic rings. The monoisotopic (exact) mass is 339 g/mol. The molecular weight excluding hydrogens is 328 g/mol. The molecule has 9 heteroatoms. The second-order valence-electron chi connectivity index (χ2n) is 4.70. The van der Waals surface area contributed by atoms with Gasteiger partial charge in [0.1, 0.15) is 5.75 Å². The van der Waals surface area contributed by atoms with E-state index < -0.39 is 16.6 Å². The van der Waals surface area contributed by atoms with E-state index in [1.165, 1.54) is 0 Å². The number of nitrogens with zero attached hydrogens (tertiary/aromatic N) is 3. The zero-order valence-electron chi connectivity index (χ0n) is 12.7. The molecule has 2 aromatic carbocycles. The van der Waals surface area contributed by atoms with Gasteiger partial charge in [-0.1, -0.05) is 11.8 Å². The molecule has 0 fully saturated rings. The SMILES string of the molecule is N#Cc1ccc(OCC(=O)N/N=C\c2cc([N+](=O)[O-])ccc2[O-])cc1. The average molecular weight is 339 g/mol. The number of amides is 1. The number of benzene rings is 2. The highest BCUT2D eigenvalue weighted by Crippen LogP contribution is 2.19. The Balaban J connectivity index is 1.89. The number of ether oxygens (including phenoxy) is 1. The molecule has 1 amide bonds. The van der Waals surface area contributed by atoms with E-state index in [0.717, 1.165) is 24.4 Å². The van der Waals surface area contributed by atoms with E-state index in [1.54, 1.807) is 24.3 Å². The third-order valence-electron chi connectivity index (χ3n) is 2.95. The fourth-order valence-corrected chi connectivity index (χ4v) is 1.73. The first-order valence-corrected chi connectivity index (χ1v) is 6.90. The third kappa shape index (κ3) is 5.04. The maximum Gasteiger partial charge on any atom is 0.277 e. The van der Waals surface area contributed by atoms with E-state index >= 15 is 0 Å². The van der Waals surface area contributed by atoms with Crippen LogP contribution in [-0.4, -0.2) is 23.7 Å². The van der Waals surface area contributed by atoms with Crippen molar-refractivity contribution in [3.8, 4) is 17.6 Å². The number of hydrogen-bond donors (Lipinski definition) is 1. The number of nitro benzene ring substituents is 1. The van der Waals surface area contributed by atoms with Crippen LogP contribution in [0.2, 0.25) is 0 Å². The van der Waals surface area contributed by atoms with Gasteiger partial charge in [0.2, 0.25) is 0 Å². The highest BCUT2D eigenvalue weighted by Gasteiger charge is 2.06. The molecule has 2 rings (SSSR count). The van der Waals surface area contributed by atoms with Crippen molar-refractivity contribution in [2.75, 3.05) is 6.61 Å². The molecule has 0 spiro atoms. The molecular formula is C16H11N4O5-. The Kier molecular flexibility index (Phi) is 5.63. The van der Waals surface area contributed by atoms with Crippen LogP contribution >= 0.6 is 0 Å². The predicted octanol–water partition coefficient (Wildman–Crippen LogP) is 1.07. The molecule has 0 bridgehead atoms. The molecule has 126 valence electrons. The van der Waals surface area contributed by atoms with Crippen LogP contribution in [0, 0.1) is 21.4 Å². The smallest absolute Gasteiger partial charge is 0.277 e. The molecule has 0 aliphatic heterocycles. The molecule has 0 heterocycles. The first-order valence-electron chi connectivity index (χ1n) is 6.90. The summed E-state index contributed by atoms with van der Waals surface area (Å²) in [5.74, 6) is -0.644. The van der Waals surface area contributed by atoms with Gasteiger partial charge in [0, 0.05) is 12.1 Å². The van der Waals surface area contributed by atoms with Crippen molar-refractivity contribution in [2.45, 2.75) is 0 Å². The van der Waals surface area contributed by atoms with Crippen molar-refractivity contribution in [1.29, 1.82) is 5.26 Å². The summed E-state index contributed by atoms with van der Waals surface area (Å²) < 4.78 is 5.20. The summed E-state index contributed by atoms with van der Waals surface area (Å²) in [6.07, 6.45) is 1.02. The van der Waals surface area contributed by atoms with Gasteiger partial charge < -0.3 is 9.84 Å². The topological polar surface area (TPSA) is 141 Å². The van der Waals surface area contributed by atoms with Gasteiger partial charge in [0.05, 0.1) is 22.8 Å². The van der Waals surface area contributed by atoms with Crippen LogP contribution in [0.3, 0.4) is 0 Å². The van der Waals surface area contributed by atoms with Gasteiger partial charge in [0.25, 0.3) is 11.6 Å². The predicted molar refractivity (Wildman–Crippen MR) is 84.9 cm³/mol. The normalized spacial score (nSPS) is 10.2. The number of rotatable bonds is 6. The van der Waals surface area contributed by atoms with Gasteiger partial charge in [-0.15, -0.1) is 0 Å². The first kappa shape index (κ1) is 17.4. The van der Waals surface area contributed by atoms with Gasteiger partial charge >= 0.3 is 0 Å². The summed E-state index contributed by atoms with van der Waals surface area (Å²) in [6, 6.07) is 11.3. The van der Waals surface area contributed by atoms with Crippen molar-refractivity contribution < 1.29 is 19.6 Å². The molecule has 25 heavy (non-hydrogen) atoms. The van der Waals surface area contributed by atoms with Crippen LogP contribution in [0.25, 0.3) is 0 Å². The van der Waals surface area contributed by atoms with Gasteiger partial charge in [-0.3, -0.25) is 14.9 Å². The van der Waals surface area contributed by atoms with Gasteiger partial charge in [-0.05, 0) is 29.8 Å². The Labute approximate surface area is 141 Å². The van der Waals surface area contributed by atoms with Crippen LogP contribution in [-0.2, 0) is 4.79 Å². The maximum absolute atomic E-state index is 11.6. The fourth-order valence-electron chi connectivity index (χ4n) is 1.73. The summed E-state index contributed by atoms with van der Waals surface area (Å²) in [5, 5.41) is 34.5. The van der Waals surface area contributed by atoms with Crippen molar-refractivity contribution in [3.63, 3.8) is 0 Å². The fraction of sp³-hybridized carbons (Fsp3) is 0.0625. The van der Waals surface area contributed by atoms with Crippen LogP contribution < -0.4 is 15.3 Å². The third-order valence-corrected chi connectivity index (χ3v) is 2.95. The van der Waals surface area contributed by atoms with Gasteiger partial charge in [-0.2, -0.15) is 10.4 Å². The maximum atomic E-state index is 11.6. The van der Waals surface area contributed by atoms with E-state index in [0.29, 0.717) is 11.3 Å². The molecule has 0 saturated heterocycles. The van der Waals surface area contributed by atoms with E-state index in [2.05, 4.69) is 10.5 Å². The molecule has 0 unspecified atom stereocenters. The molecule has 1 N–H and O–H groups in total. The number of hydrazone groups is 1. The summed E-state index contributed by atoms with van der Waals surface area (Å²) in [5.41, 5.74) is 2.33. The minimum atomic E-state index is -0.638. The summed E-state index contributed by atoms with van der Waals surface area (Å²) in [6.45, 7) is -0.331. The van der Waals surface area contributed by atoms with Crippen LogP contribution in [0.1, 0.15) is 11.1 Å². The second-order valence-corrected chi connectivity index (χ2v) is 4.70. The van der Waals surface area contributed by atoms with Gasteiger partial charge in [0.15, 0.2) is 6.61 Å². The number of non-ortho nitro benzene ring substituents is 1. The van der Waals surface area contributed by atoms with Crippen molar-refractivity contribution in [1.82, 2.24) is 5.43 Å². The number of carbonyl (C=O) groups is 1. The molecule has 9 nitrogen and oxygen atoms in total. The first-order chi connectivity index (χ1) is 12.0. The van der Waals surface area contributed by atoms with Crippen LogP contribution in [0.4, 0.5) is 5.69 Å².